The van der Waals surface area contributed by atoms with E-state index < -0.39 is 10.0 Å². The molecule has 3 atom stereocenters. The van der Waals surface area contributed by atoms with Crippen LogP contribution in [-0.4, -0.2) is 55.3 Å². The number of thiol groups is 1. The van der Waals surface area contributed by atoms with Crippen molar-refractivity contribution in [1.82, 2.24) is 9.62 Å². The van der Waals surface area contributed by atoms with Gasteiger partial charge in [0.05, 0.1) is 17.0 Å². The Morgan fingerprint density at radius 1 is 1.30 bits per heavy atom. The van der Waals surface area contributed by atoms with Gasteiger partial charge in [-0.15, -0.1) is 0 Å². The van der Waals surface area contributed by atoms with Crippen molar-refractivity contribution in [1.29, 1.82) is 0 Å². The Hall–Kier alpha value is -0.570. The third kappa shape index (κ3) is 5.08. The summed E-state index contributed by atoms with van der Waals surface area (Å²) in [6.07, 6.45) is 0.669. The predicted molar refractivity (Wildman–Crippen MR) is 117 cm³/mol. The van der Waals surface area contributed by atoms with Gasteiger partial charge in [-0.2, -0.15) is 12.6 Å². The van der Waals surface area contributed by atoms with E-state index in [4.69, 9.17) is 10.7 Å². The van der Waals surface area contributed by atoms with Crippen molar-refractivity contribution >= 4 is 28.5 Å². The minimum Gasteiger partial charge on any atom is -0.331 e. The highest BCUT2D eigenvalue weighted by atomic mass is 32.2. The largest absolute Gasteiger partial charge is 0.331 e. The van der Waals surface area contributed by atoms with Crippen molar-refractivity contribution < 1.29 is 8.42 Å². The summed E-state index contributed by atoms with van der Waals surface area (Å²) in [6.45, 7) is 16.0. The van der Waals surface area contributed by atoms with Crippen molar-refractivity contribution in [3.63, 3.8) is 0 Å². The first-order valence-electron chi connectivity index (χ1n) is 9.64. The van der Waals surface area contributed by atoms with Gasteiger partial charge < -0.3 is 10.6 Å². The van der Waals surface area contributed by atoms with Crippen LogP contribution in [0.2, 0.25) is 0 Å². The lowest BCUT2D eigenvalue weighted by Gasteiger charge is -2.44. The van der Waals surface area contributed by atoms with Crippen molar-refractivity contribution in [3.8, 4) is 0 Å². The van der Waals surface area contributed by atoms with E-state index in [1.54, 1.807) is 0 Å². The van der Waals surface area contributed by atoms with Crippen LogP contribution in [0.3, 0.4) is 0 Å². The Morgan fingerprint density at radius 3 is 2.33 bits per heavy atom. The van der Waals surface area contributed by atoms with Gasteiger partial charge in [-0.1, -0.05) is 41.5 Å². The predicted octanol–water partition coefficient (Wildman–Crippen LogP) is 2.38. The first kappa shape index (κ1) is 22.7. The van der Waals surface area contributed by atoms with Crippen LogP contribution in [0.25, 0.3) is 0 Å². The third-order valence-corrected chi connectivity index (χ3v) is 6.72. The number of aliphatic imine (C=N–C) groups is 1. The van der Waals surface area contributed by atoms with Crippen LogP contribution in [0.5, 0.6) is 0 Å². The van der Waals surface area contributed by atoms with Gasteiger partial charge in [0.25, 0.3) is 0 Å². The minimum absolute atomic E-state index is 0.0224. The normalized spacial score (nSPS) is 25.5. The summed E-state index contributed by atoms with van der Waals surface area (Å²) in [5, 5.41) is -0.0224. The molecular weight excluding hydrogens is 380 g/mol. The van der Waals surface area contributed by atoms with Gasteiger partial charge in [0.2, 0.25) is 10.0 Å². The molecule has 0 spiro atoms. The van der Waals surface area contributed by atoms with Crippen LogP contribution in [0.4, 0.5) is 0 Å². The quantitative estimate of drug-likeness (QED) is 0.601. The Kier molecular flexibility index (Phi) is 6.47. The molecule has 3 unspecified atom stereocenters. The van der Waals surface area contributed by atoms with Gasteiger partial charge in [-0.05, 0) is 23.3 Å². The highest BCUT2D eigenvalue weighted by Gasteiger charge is 2.45. The number of amidine groups is 1. The minimum atomic E-state index is -3.37. The molecule has 1 saturated heterocycles. The van der Waals surface area contributed by atoms with Crippen LogP contribution in [0.1, 0.15) is 54.9 Å². The van der Waals surface area contributed by atoms with E-state index in [0.29, 0.717) is 13.0 Å². The standard InChI is InChI=1S/C19H36N4O2S2/c1-12(26)17-21-16(19(5,6)7)15(18(2,3)4)14-10-13(11-23(14)17)22-27(24,25)9-8-20/h12-13,16,22,26H,8-11,20H2,1-7H3. The number of nitrogens with one attached hydrogen (secondary N) is 1. The fourth-order valence-electron chi connectivity index (χ4n) is 4.00. The third-order valence-electron chi connectivity index (χ3n) is 5.03. The molecule has 27 heavy (non-hydrogen) atoms. The van der Waals surface area contributed by atoms with Gasteiger partial charge in [0, 0.05) is 31.2 Å². The van der Waals surface area contributed by atoms with Crippen molar-refractivity contribution in [3.05, 3.63) is 11.3 Å². The molecule has 2 rings (SSSR count). The lowest BCUT2D eigenvalue weighted by molar-refractivity contribution is 0.292. The molecule has 2 heterocycles. The van der Waals surface area contributed by atoms with Crippen molar-refractivity contribution in [2.24, 2.45) is 21.6 Å². The Morgan fingerprint density at radius 2 is 1.89 bits per heavy atom. The summed E-state index contributed by atoms with van der Waals surface area (Å²) in [6, 6.07) is -0.127. The van der Waals surface area contributed by atoms with Crippen LogP contribution in [0, 0.1) is 10.8 Å². The van der Waals surface area contributed by atoms with Crippen LogP contribution < -0.4 is 10.5 Å². The summed E-state index contributed by atoms with van der Waals surface area (Å²) < 4.78 is 27.3. The summed E-state index contributed by atoms with van der Waals surface area (Å²) in [7, 11) is -3.37. The van der Waals surface area contributed by atoms with E-state index in [-0.39, 0.29) is 40.5 Å². The highest BCUT2D eigenvalue weighted by Crippen LogP contribution is 2.46. The summed E-state index contributed by atoms with van der Waals surface area (Å²) in [5.41, 5.74) is 7.85. The number of hydrogen-bond acceptors (Lipinski definition) is 6. The van der Waals surface area contributed by atoms with Crippen molar-refractivity contribution in [2.45, 2.75) is 72.2 Å². The second kappa shape index (κ2) is 7.69. The summed E-state index contributed by atoms with van der Waals surface area (Å²) >= 11 is 4.66. The maximum Gasteiger partial charge on any atom is 0.213 e. The average Bonchev–Trinajstić information content (AvgIpc) is 2.84. The maximum absolute atomic E-state index is 12.2. The molecule has 0 aromatic rings. The zero-order chi connectivity index (χ0) is 20.8. The van der Waals surface area contributed by atoms with Gasteiger partial charge in [0.15, 0.2) is 0 Å². The molecule has 0 aliphatic carbocycles. The van der Waals surface area contributed by atoms with Gasteiger partial charge in [-0.3, -0.25) is 4.99 Å². The van der Waals surface area contributed by atoms with Crippen molar-refractivity contribution in [2.75, 3.05) is 18.8 Å². The fraction of sp³-hybridized carbons (Fsp3) is 0.842. The van der Waals surface area contributed by atoms with E-state index >= 15 is 0 Å². The molecule has 2 aliphatic rings. The molecule has 3 N–H and O–H groups in total. The first-order chi connectivity index (χ1) is 12.2. The molecule has 0 radical (unpaired) electrons. The van der Waals surface area contributed by atoms with E-state index in [1.165, 1.54) is 11.3 Å². The van der Waals surface area contributed by atoms with Gasteiger partial charge in [0.1, 0.15) is 5.84 Å². The number of nitrogens with two attached hydrogens (primary N) is 1. The molecule has 2 aliphatic heterocycles. The molecule has 0 aromatic heterocycles. The van der Waals surface area contributed by atoms with E-state index in [2.05, 4.69) is 63.8 Å². The summed E-state index contributed by atoms with van der Waals surface area (Å²) in [5.74, 6) is 0.880. The molecule has 0 bridgehead atoms. The molecule has 0 aromatic carbocycles. The molecule has 0 saturated carbocycles. The average molecular weight is 417 g/mol. The molecule has 156 valence electrons. The van der Waals surface area contributed by atoms with Crippen LogP contribution in [-0.2, 0) is 10.0 Å². The monoisotopic (exact) mass is 416 g/mol. The number of sulfonamides is 1. The van der Waals surface area contributed by atoms with Crippen LogP contribution >= 0.6 is 12.6 Å². The zero-order valence-corrected chi connectivity index (χ0v) is 19.4. The molecular formula is C19H36N4O2S2. The lowest BCUT2D eigenvalue weighted by Crippen LogP contribution is -2.46. The Labute approximate surface area is 170 Å². The zero-order valence-electron chi connectivity index (χ0n) is 17.7. The Balaban J connectivity index is 2.51. The molecule has 6 nitrogen and oxygen atoms in total. The van der Waals surface area contributed by atoms with E-state index in [0.717, 1.165) is 5.84 Å². The maximum atomic E-state index is 12.2. The van der Waals surface area contributed by atoms with E-state index in [9.17, 15) is 8.42 Å². The van der Waals surface area contributed by atoms with Gasteiger partial charge >= 0.3 is 0 Å². The van der Waals surface area contributed by atoms with Crippen LogP contribution in [0.15, 0.2) is 16.3 Å². The molecule has 8 heteroatoms. The van der Waals surface area contributed by atoms with Gasteiger partial charge in [-0.25, -0.2) is 13.1 Å². The SMILES string of the molecule is CC(S)C1=NC(C(C)(C)C)C(C(C)(C)C)=C2CC(NS(=O)(=O)CCN)CN12. The topological polar surface area (TPSA) is 87.8 Å². The second-order valence-corrected chi connectivity index (χ2v) is 12.4. The first-order valence-corrected chi connectivity index (χ1v) is 11.8. The Bertz CT molecular complexity index is 728. The fourth-order valence-corrected chi connectivity index (χ4v) is 5.30. The molecule has 1 fully saturated rings. The smallest absolute Gasteiger partial charge is 0.213 e. The number of nitrogens with zero attached hydrogens (tertiary/aromatic N) is 2. The number of fused-ring (bicyclic) bond motifs is 1. The van der Waals surface area contributed by atoms with E-state index in [1.807, 2.05) is 6.92 Å². The number of hydrogen-bond donors (Lipinski definition) is 3. The lowest BCUT2D eigenvalue weighted by atomic mass is 9.71. The summed E-state index contributed by atoms with van der Waals surface area (Å²) in [4.78, 5) is 7.31. The number of rotatable bonds is 5. The second-order valence-electron chi connectivity index (χ2n) is 9.78. The molecule has 0 amide bonds. The highest BCUT2D eigenvalue weighted by molar-refractivity contribution is 7.89.